The first-order valence-electron chi connectivity index (χ1n) is 11.3. The van der Waals surface area contributed by atoms with Crippen LogP contribution in [0, 0.1) is 0 Å². The van der Waals surface area contributed by atoms with Gasteiger partial charge in [-0.05, 0) is 47.7 Å². The maximum atomic E-state index is 12.5. The van der Waals surface area contributed by atoms with Gasteiger partial charge in [0.05, 0.1) is 6.04 Å². The molecule has 0 fully saturated rings. The highest BCUT2D eigenvalue weighted by molar-refractivity contribution is 5.74. The standard InChI is InChI=1S/C27H32N4O/c1-30(2)24-14-12-23(13-15-24)26(31-19-17-22-10-6-7-11-25(22)31)20-29-27(32)28-18-16-21-8-4-3-5-9-21/h3-15,26H,16-20H2,1-2H3,(H2,28,29,32). The second-order valence-electron chi connectivity index (χ2n) is 8.45. The van der Waals surface area contributed by atoms with E-state index < -0.39 is 0 Å². The van der Waals surface area contributed by atoms with Gasteiger partial charge in [0.15, 0.2) is 0 Å². The number of carbonyl (C=O) groups excluding carboxylic acids is 1. The number of carbonyl (C=O) groups is 1. The van der Waals surface area contributed by atoms with E-state index >= 15 is 0 Å². The van der Waals surface area contributed by atoms with E-state index in [1.54, 1.807) is 0 Å². The van der Waals surface area contributed by atoms with Crippen LogP contribution in [0.1, 0.15) is 22.7 Å². The Kier molecular flexibility index (Phi) is 6.95. The fourth-order valence-corrected chi connectivity index (χ4v) is 4.31. The summed E-state index contributed by atoms with van der Waals surface area (Å²) in [5, 5.41) is 6.11. The summed E-state index contributed by atoms with van der Waals surface area (Å²) >= 11 is 0. The van der Waals surface area contributed by atoms with E-state index in [1.807, 2.05) is 32.3 Å². The highest BCUT2D eigenvalue weighted by atomic mass is 16.2. The lowest BCUT2D eigenvalue weighted by Gasteiger charge is -2.31. The summed E-state index contributed by atoms with van der Waals surface area (Å²) in [5.74, 6) is 0. The maximum Gasteiger partial charge on any atom is 0.314 e. The van der Waals surface area contributed by atoms with Crippen molar-refractivity contribution < 1.29 is 4.79 Å². The average molecular weight is 429 g/mol. The first-order valence-corrected chi connectivity index (χ1v) is 11.3. The van der Waals surface area contributed by atoms with Gasteiger partial charge in [0, 0.05) is 45.1 Å². The van der Waals surface area contributed by atoms with E-state index in [2.05, 4.69) is 81.1 Å². The number of amides is 2. The van der Waals surface area contributed by atoms with Crippen LogP contribution in [0.5, 0.6) is 0 Å². The zero-order valence-corrected chi connectivity index (χ0v) is 18.9. The van der Waals surface area contributed by atoms with Crippen LogP contribution in [0.4, 0.5) is 16.2 Å². The predicted octanol–water partition coefficient (Wildman–Crippen LogP) is 4.40. The highest BCUT2D eigenvalue weighted by Crippen LogP contribution is 2.35. The van der Waals surface area contributed by atoms with Crippen molar-refractivity contribution >= 4 is 17.4 Å². The van der Waals surface area contributed by atoms with Gasteiger partial charge in [-0.2, -0.15) is 0 Å². The highest BCUT2D eigenvalue weighted by Gasteiger charge is 2.27. The maximum absolute atomic E-state index is 12.5. The van der Waals surface area contributed by atoms with Gasteiger partial charge in [0.2, 0.25) is 0 Å². The fraction of sp³-hybridized carbons (Fsp3) is 0.296. The Balaban J connectivity index is 1.43. The molecule has 2 amide bonds. The van der Waals surface area contributed by atoms with E-state index in [9.17, 15) is 4.79 Å². The first kappa shape index (κ1) is 21.8. The van der Waals surface area contributed by atoms with Crippen LogP contribution in [0.3, 0.4) is 0 Å². The molecule has 1 aliphatic heterocycles. The molecule has 0 radical (unpaired) electrons. The third-order valence-corrected chi connectivity index (χ3v) is 6.09. The number of urea groups is 1. The van der Waals surface area contributed by atoms with Gasteiger partial charge in [-0.1, -0.05) is 60.7 Å². The Bertz CT molecular complexity index is 1020. The van der Waals surface area contributed by atoms with Gasteiger partial charge in [0.1, 0.15) is 0 Å². The number of rotatable bonds is 8. The molecule has 0 saturated heterocycles. The molecule has 0 saturated carbocycles. The molecule has 0 aliphatic carbocycles. The van der Waals surface area contributed by atoms with Gasteiger partial charge >= 0.3 is 6.03 Å². The molecule has 5 heteroatoms. The number of nitrogens with zero attached hydrogens (tertiary/aromatic N) is 2. The van der Waals surface area contributed by atoms with E-state index in [-0.39, 0.29) is 12.1 Å². The number of hydrogen-bond donors (Lipinski definition) is 2. The summed E-state index contributed by atoms with van der Waals surface area (Å²) in [5.41, 5.74) is 6.23. The van der Waals surface area contributed by atoms with Crippen molar-refractivity contribution in [1.29, 1.82) is 0 Å². The molecule has 4 rings (SSSR count). The number of hydrogen-bond acceptors (Lipinski definition) is 3. The summed E-state index contributed by atoms with van der Waals surface area (Å²) in [4.78, 5) is 17.0. The summed E-state index contributed by atoms with van der Waals surface area (Å²) in [6.07, 6.45) is 1.86. The monoisotopic (exact) mass is 428 g/mol. The van der Waals surface area contributed by atoms with Crippen LogP contribution in [-0.2, 0) is 12.8 Å². The minimum Gasteiger partial charge on any atom is -0.378 e. The van der Waals surface area contributed by atoms with E-state index in [1.165, 1.54) is 28.1 Å². The van der Waals surface area contributed by atoms with Gasteiger partial charge < -0.3 is 20.4 Å². The van der Waals surface area contributed by atoms with Crippen molar-refractivity contribution in [1.82, 2.24) is 10.6 Å². The zero-order valence-electron chi connectivity index (χ0n) is 18.9. The third-order valence-electron chi connectivity index (χ3n) is 6.09. The Morgan fingerprint density at radius 2 is 1.66 bits per heavy atom. The molecule has 1 atom stereocenters. The van der Waals surface area contributed by atoms with Gasteiger partial charge in [0.25, 0.3) is 0 Å². The minimum absolute atomic E-state index is 0.0785. The largest absolute Gasteiger partial charge is 0.378 e. The molecule has 1 heterocycles. The molecule has 3 aromatic rings. The van der Waals surface area contributed by atoms with Crippen molar-refractivity contribution in [2.24, 2.45) is 0 Å². The molecule has 0 spiro atoms. The summed E-state index contributed by atoms with van der Waals surface area (Å²) in [6.45, 7) is 2.12. The Morgan fingerprint density at radius 3 is 2.41 bits per heavy atom. The second kappa shape index (κ2) is 10.2. The van der Waals surface area contributed by atoms with Crippen LogP contribution >= 0.6 is 0 Å². The van der Waals surface area contributed by atoms with E-state index in [0.717, 1.165) is 19.4 Å². The predicted molar refractivity (Wildman–Crippen MR) is 133 cm³/mol. The molecular formula is C27H32N4O. The lowest BCUT2D eigenvalue weighted by molar-refractivity contribution is 0.240. The third kappa shape index (κ3) is 5.22. The molecule has 3 aromatic carbocycles. The van der Waals surface area contributed by atoms with Crippen LogP contribution in [0.15, 0.2) is 78.9 Å². The molecule has 1 aliphatic rings. The van der Waals surface area contributed by atoms with E-state index in [4.69, 9.17) is 0 Å². The number of para-hydroxylation sites is 1. The van der Waals surface area contributed by atoms with Crippen LogP contribution in [0.25, 0.3) is 0 Å². The summed E-state index contributed by atoms with van der Waals surface area (Å²) in [6, 6.07) is 27.4. The lowest BCUT2D eigenvalue weighted by Crippen LogP contribution is -2.42. The summed E-state index contributed by atoms with van der Waals surface area (Å²) < 4.78 is 0. The van der Waals surface area contributed by atoms with Crippen molar-refractivity contribution in [3.8, 4) is 0 Å². The van der Waals surface area contributed by atoms with E-state index in [0.29, 0.717) is 13.1 Å². The van der Waals surface area contributed by atoms with Gasteiger partial charge in [-0.25, -0.2) is 4.79 Å². The number of benzene rings is 3. The van der Waals surface area contributed by atoms with Crippen molar-refractivity contribution in [2.75, 3.05) is 43.5 Å². The van der Waals surface area contributed by atoms with Crippen molar-refractivity contribution in [3.05, 3.63) is 95.6 Å². The summed E-state index contributed by atoms with van der Waals surface area (Å²) in [7, 11) is 4.09. The van der Waals surface area contributed by atoms with Gasteiger partial charge in [-0.15, -0.1) is 0 Å². The Morgan fingerprint density at radius 1 is 0.938 bits per heavy atom. The van der Waals surface area contributed by atoms with Gasteiger partial charge in [-0.3, -0.25) is 0 Å². The van der Waals surface area contributed by atoms with Crippen molar-refractivity contribution in [3.63, 3.8) is 0 Å². The molecule has 166 valence electrons. The molecular weight excluding hydrogens is 396 g/mol. The molecule has 0 bridgehead atoms. The van der Waals surface area contributed by atoms with Crippen LogP contribution in [0.2, 0.25) is 0 Å². The minimum atomic E-state index is -0.122. The average Bonchev–Trinajstić information content (AvgIpc) is 3.24. The Hall–Kier alpha value is -3.47. The quantitative estimate of drug-likeness (QED) is 0.559. The van der Waals surface area contributed by atoms with Crippen LogP contribution in [-0.4, -0.2) is 39.8 Å². The van der Waals surface area contributed by atoms with Crippen LogP contribution < -0.4 is 20.4 Å². The second-order valence-corrected chi connectivity index (χ2v) is 8.45. The molecule has 2 N–H and O–H groups in total. The zero-order chi connectivity index (χ0) is 22.3. The smallest absolute Gasteiger partial charge is 0.314 e. The first-order chi connectivity index (χ1) is 15.6. The number of nitrogens with one attached hydrogen (secondary N) is 2. The molecule has 5 nitrogen and oxygen atoms in total. The molecule has 32 heavy (non-hydrogen) atoms. The lowest BCUT2D eigenvalue weighted by atomic mass is 10.0. The SMILES string of the molecule is CN(C)c1ccc(C(CNC(=O)NCCc2ccccc2)N2CCc3ccccc32)cc1. The fourth-order valence-electron chi connectivity index (χ4n) is 4.31. The Labute approximate surface area is 191 Å². The molecule has 1 unspecified atom stereocenters. The number of fused-ring (bicyclic) bond motifs is 1. The molecule has 0 aromatic heterocycles. The normalized spacial score (nSPS) is 13.4. The topological polar surface area (TPSA) is 47.6 Å². The number of anilines is 2. The van der Waals surface area contributed by atoms with Crippen molar-refractivity contribution in [2.45, 2.75) is 18.9 Å².